The second kappa shape index (κ2) is 8.95. The highest BCUT2D eigenvalue weighted by Crippen LogP contribution is 2.23. The summed E-state index contributed by atoms with van der Waals surface area (Å²) in [6.07, 6.45) is 0.493. The van der Waals surface area contributed by atoms with Crippen LogP contribution in [0.5, 0.6) is 5.75 Å². The van der Waals surface area contributed by atoms with E-state index in [2.05, 4.69) is 6.92 Å². The lowest BCUT2D eigenvalue weighted by atomic mass is 10.1. The monoisotopic (exact) mass is 419 g/mol. The van der Waals surface area contributed by atoms with E-state index in [-0.39, 0.29) is 24.0 Å². The number of hydrogen-bond donors (Lipinski definition) is 0. The number of nitrogens with zero attached hydrogens (tertiary/aromatic N) is 1. The van der Waals surface area contributed by atoms with Gasteiger partial charge in [-0.05, 0) is 55.2 Å². The number of carbonyl (C=O) groups excluding carboxylic acids is 1. The summed E-state index contributed by atoms with van der Waals surface area (Å²) < 4.78 is 43.4. The molecule has 0 radical (unpaired) electrons. The number of benzene rings is 2. The minimum Gasteiger partial charge on any atom is -0.481 e. The Bertz CT molecular complexity index is 959. The molecule has 1 aliphatic heterocycles. The Morgan fingerprint density at radius 1 is 1.21 bits per heavy atom. The van der Waals surface area contributed by atoms with Crippen LogP contribution in [-0.2, 0) is 27.6 Å². The van der Waals surface area contributed by atoms with Crippen LogP contribution in [0.2, 0.25) is 0 Å². The molecule has 7 heteroatoms. The number of sulfone groups is 1. The number of ether oxygens (including phenoxy) is 1. The van der Waals surface area contributed by atoms with Crippen molar-refractivity contribution in [3.8, 4) is 5.75 Å². The van der Waals surface area contributed by atoms with Crippen LogP contribution in [0.3, 0.4) is 0 Å². The minimum atomic E-state index is -3.18. The van der Waals surface area contributed by atoms with Gasteiger partial charge in [0.15, 0.2) is 15.9 Å². The molecule has 0 N–H and O–H groups in total. The summed E-state index contributed by atoms with van der Waals surface area (Å²) in [5.41, 5.74) is 1.78. The number of hydrogen-bond acceptors (Lipinski definition) is 4. The molecule has 1 saturated heterocycles. The number of halogens is 1. The molecule has 0 saturated carbocycles. The molecule has 2 atom stereocenters. The molecule has 1 amide bonds. The fraction of sp³-hybridized carbons (Fsp3) is 0.409. The lowest BCUT2D eigenvalue weighted by Gasteiger charge is -2.31. The molecule has 156 valence electrons. The van der Waals surface area contributed by atoms with Crippen molar-refractivity contribution in [2.24, 2.45) is 0 Å². The van der Waals surface area contributed by atoms with E-state index in [0.717, 1.165) is 6.42 Å². The van der Waals surface area contributed by atoms with Gasteiger partial charge in [-0.1, -0.05) is 31.2 Å². The normalized spacial score (nSPS) is 18.9. The van der Waals surface area contributed by atoms with Crippen LogP contribution in [0, 0.1) is 5.82 Å². The van der Waals surface area contributed by atoms with E-state index in [1.54, 1.807) is 19.1 Å². The molecular formula is C22H26FNO4S. The highest BCUT2D eigenvalue weighted by molar-refractivity contribution is 7.91. The molecule has 29 heavy (non-hydrogen) atoms. The second-order valence-corrected chi connectivity index (χ2v) is 9.64. The lowest BCUT2D eigenvalue weighted by molar-refractivity contribution is -0.140. The number of amides is 1. The van der Waals surface area contributed by atoms with E-state index in [4.69, 9.17) is 4.74 Å². The quantitative estimate of drug-likeness (QED) is 0.690. The van der Waals surface area contributed by atoms with E-state index < -0.39 is 27.8 Å². The molecule has 5 nitrogen and oxygen atoms in total. The van der Waals surface area contributed by atoms with E-state index in [1.807, 2.05) is 24.3 Å². The maximum absolute atomic E-state index is 13.6. The summed E-state index contributed by atoms with van der Waals surface area (Å²) >= 11 is 0. The fourth-order valence-electron chi connectivity index (χ4n) is 3.53. The lowest BCUT2D eigenvalue weighted by Crippen LogP contribution is -2.46. The van der Waals surface area contributed by atoms with Gasteiger partial charge in [-0.15, -0.1) is 0 Å². The van der Waals surface area contributed by atoms with Crippen LogP contribution in [-0.4, -0.2) is 42.9 Å². The van der Waals surface area contributed by atoms with Crippen molar-refractivity contribution >= 4 is 15.7 Å². The Morgan fingerprint density at radius 3 is 2.52 bits per heavy atom. The highest BCUT2D eigenvalue weighted by atomic mass is 32.2. The van der Waals surface area contributed by atoms with Gasteiger partial charge in [0, 0.05) is 12.6 Å². The minimum absolute atomic E-state index is 0.0539. The topological polar surface area (TPSA) is 63.7 Å². The number of carbonyl (C=O) groups is 1. The first-order valence-corrected chi connectivity index (χ1v) is 11.6. The molecule has 0 aromatic heterocycles. The van der Waals surface area contributed by atoms with Crippen molar-refractivity contribution in [3.05, 3.63) is 65.5 Å². The summed E-state index contributed by atoms with van der Waals surface area (Å²) in [6, 6.07) is 13.1. The first-order valence-electron chi connectivity index (χ1n) is 9.78. The zero-order chi connectivity index (χ0) is 21.0. The van der Waals surface area contributed by atoms with Gasteiger partial charge in [0.1, 0.15) is 11.6 Å². The van der Waals surface area contributed by atoms with Crippen molar-refractivity contribution in [1.82, 2.24) is 4.90 Å². The van der Waals surface area contributed by atoms with Gasteiger partial charge < -0.3 is 9.64 Å². The average molecular weight is 420 g/mol. The Balaban J connectivity index is 1.78. The van der Waals surface area contributed by atoms with E-state index >= 15 is 0 Å². The molecule has 0 aliphatic carbocycles. The summed E-state index contributed by atoms with van der Waals surface area (Å²) in [6.45, 7) is 3.85. The molecule has 0 spiro atoms. The fourth-order valence-corrected chi connectivity index (χ4v) is 5.26. The first kappa shape index (κ1) is 21.3. The summed E-state index contributed by atoms with van der Waals surface area (Å²) in [5, 5.41) is 0. The number of rotatable bonds is 7. The smallest absolute Gasteiger partial charge is 0.263 e. The van der Waals surface area contributed by atoms with Gasteiger partial charge in [-0.25, -0.2) is 12.8 Å². The molecule has 0 unspecified atom stereocenters. The van der Waals surface area contributed by atoms with Gasteiger partial charge in [0.05, 0.1) is 11.5 Å². The Kier molecular flexibility index (Phi) is 6.57. The van der Waals surface area contributed by atoms with Crippen molar-refractivity contribution in [2.45, 2.75) is 45.4 Å². The Labute approximate surface area is 171 Å². The van der Waals surface area contributed by atoms with Gasteiger partial charge in [0.25, 0.3) is 5.91 Å². The van der Waals surface area contributed by atoms with E-state index in [1.165, 1.54) is 22.6 Å². The molecule has 2 aromatic rings. The summed E-state index contributed by atoms with van der Waals surface area (Å²) in [4.78, 5) is 14.7. The molecular weight excluding hydrogens is 393 g/mol. The zero-order valence-electron chi connectivity index (χ0n) is 16.7. The maximum Gasteiger partial charge on any atom is 0.263 e. The molecule has 1 aliphatic rings. The van der Waals surface area contributed by atoms with Gasteiger partial charge in [-0.2, -0.15) is 0 Å². The summed E-state index contributed by atoms with van der Waals surface area (Å²) in [7, 11) is -3.18. The third-order valence-electron chi connectivity index (χ3n) is 5.17. The molecule has 2 aromatic carbocycles. The van der Waals surface area contributed by atoms with Crippen LogP contribution < -0.4 is 4.74 Å². The SMILES string of the molecule is CCc1ccc(O[C@H](C)C(=O)N(Cc2cccc(F)c2)[C@@H]2CCS(=O)(=O)C2)cc1. The third-order valence-corrected chi connectivity index (χ3v) is 6.92. The molecule has 0 bridgehead atoms. The summed E-state index contributed by atoms with van der Waals surface area (Å²) in [5.74, 6) is -0.150. The van der Waals surface area contributed by atoms with Crippen molar-refractivity contribution in [2.75, 3.05) is 11.5 Å². The first-order chi connectivity index (χ1) is 13.8. The van der Waals surface area contributed by atoms with Gasteiger partial charge in [-0.3, -0.25) is 4.79 Å². The van der Waals surface area contributed by atoms with Crippen LogP contribution in [0.4, 0.5) is 4.39 Å². The van der Waals surface area contributed by atoms with Gasteiger partial charge in [0.2, 0.25) is 0 Å². The van der Waals surface area contributed by atoms with Crippen molar-refractivity contribution < 1.29 is 22.3 Å². The van der Waals surface area contributed by atoms with Crippen LogP contribution in [0.15, 0.2) is 48.5 Å². The predicted molar refractivity (Wildman–Crippen MR) is 110 cm³/mol. The molecule has 3 rings (SSSR count). The highest BCUT2D eigenvalue weighted by Gasteiger charge is 2.36. The van der Waals surface area contributed by atoms with Gasteiger partial charge >= 0.3 is 0 Å². The van der Waals surface area contributed by atoms with E-state index in [0.29, 0.717) is 17.7 Å². The van der Waals surface area contributed by atoms with E-state index in [9.17, 15) is 17.6 Å². The molecule has 1 fully saturated rings. The average Bonchev–Trinajstić information content (AvgIpc) is 3.05. The Morgan fingerprint density at radius 2 is 1.93 bits per heavy atom. The maximum atomic E-state index is 13.6. The largest absolute Gasteiger partial charge is 0.481 e. The molecule has 1 heterocycles. The Hall–Kier alpha value is -2.41. The zero-order valence-corrected chi connectivity index (χ0v) is 17.5. The standard InChI is InChI=1S/C22H26FNO4S/c1-3-17-7-9-21(10-8-17)28-16(2)22(25)24(20-11-12-29(26,27)15-20)14-18-5-4-6-19(23)13-18/h4-10,13,16,20H,3,11-12,14-15H2,1-2H3/t16-,20-/m1/s1. The van der Waals surface area contributed by atoms with Crippen molar-refractivity contribution in [1.29, 1.82) is 0 Å². The van der Waals surface area contributed by atoms with Crippen LogP contribution in [0.1, 0.15) is 31.4 Å². The van der Waals surface area contributed by atoms with Crippen molar-refractivity contribution in [3.63, 3.8) is 0 Å². The van der Waals surface area contributed by atoms with Crippen LogP contribution >= 0.6 is 0 Å². The third kappa shape index (κ3) is 5.56. The second-order valence-electron chi connectivity index (χ2n) is 7.41. The number of aryl methyl sites for hydroxylation is 1. The van der Waals surface area contributed by atoms with Crippen LogP contribution in [0.25, 0.3) is 0 Å². The predicted octanol–water partition coefficient (Wildman–Crippen LogP) is 3.37.